The molecule has 1 aromatic carbocycles. The SMILES string of the molecule is C/C=C\C=C(/C)C1=CC=C(N(/C=C/C=C/C(/C=C\C)=C/C)C(/C=C\C)=C/C(C)c2ccc(C(/C=C\C)=C/C)cc2)[B]1. The third-order valence-electron chi connectivity index (χ3n) is 6.80. The van der Waals surface area contributed by atoms with Gasteiger partial charge >= 0.3 is 0 Å². The average molecular weight is 541 g/mol. The van der Waals surface area contributed by atoms with Crippen LogP contribution in [0.4, 0.5) is 0 Å². The van der Waals surface area contributed by atoms with E-state index in [1.54, 1.807) is 0 Å². The third-order valence-corrected chi connectivity index (χ3v) is 6.80. The molecule has 0 aliphatic carbocycles. The Morgan fingerprint density at radius 3 is 2.07 bits per heavy atom. The van der Waals surface area contributed by atoms with Crippen molar-refractivity contribution in [1.82, 2.24) is 4.90 Å². The highest BCUT2D eigenvalue weighted by Crippen LogP contribution is 2.28. The lowest BCUT2D eigenvalue weighted by Gasteiger charge is -2.25. The zero-order valence-electron chi connectivity index (χ0n) is 26.3. The van der Waals surface area contributed by atoms with Gasteiger partial charge in [-0.1, -0.05) is 133 Å². The molecule has 41 heavy (non-hydrogen) atoms. The quantitative estimate of drug-likeness (QED) is 0.178. The first-order valence-corrected chi connectivity index (χ1v) is 14.7. The van der Waals surface area contributed by atoms with E-state index in [9.17, 15) is 0 Å². The smallest absolute Gasteiger partial charge is 0.215 e. The standard InChI is InChI=1S/C39H47BN/c1-9-15-21-31(7)38-27-28-39(40-38)41(29-17-16-22-33(13-5)18-10-2)37(20-12-4)30-32(8)35-23-25-36(26-24-35)34(14-6)19-11-3/h9-30,32H,1-8H3/b15-9-,18-10-,19-11-,20-12-,22-16+,29-17+,31-21+,33-13+,34-14+,37-30+. The van der Waals surface area contributed by atoms with Gasteiger partial charge in [0.05, 0.1) is 0 Å². The highest BCUT2D eigenvalue weighted by atomic mass is 15.1. The second-order valence-electron chi connectivity index (χ2n) is 9.84. The number of benzene rings is 1. The Kier molecular flexibility index (Phi) is 14.8. The summed E-state index contributed by atoms with van der Waals surface area (Å²) in [6.45, 7) is 16.8. The topological polar surface area (TPSA) is 3.24 Å². The Bertz CT molecular complexity index is 1360. The lowest BCUT2D eigenvalue weighted by molar-refractivity contribution is 0.623. The first-order chi connectivity index (χ1) is 19.9. The van der Waals surface area contributed by atoms with E-state index in [2.05, 4.69) is 187 Å². The van der Waals surface area contributed by atoms with Crippen molar-refractivity contribution in [2.45, 2.75) is 61.3 Å². The molecule has 1 aliphatic rings. The summed E-state index contributed by atoms with van der Waals surface area (Å²) < 4.78 is 0. The Hall–Kier alpha value is -4.04. The molecule has 211 valence electrons. The second-order valence-corrected chi connectivity index (χ2v) is 9.84. The summed E-state index contributed by atoms with van der Waals surface area (Å²) in [6, 6.07) is 8.94. The van der Waals surface area contributed by atoms with Crippen molar-refractivity contribution >= 4 is 12.9 Å². The van der Waals surface area contributed by atoms with Crippen LogP contribution < -0.4 is 0 Å². The van der Waals surface area contributed by atoms with Gasteiger partial charge in [-0.25, -0.2) is 0 Å². The van der Waals surface area contributed by atoms with Crippen molar-refractivity contribution in [3.05, 3.63) is 173 Å². The molecule has 0 fully saturated rings. The van der Waals surface area contributed by atoms with Crippen molar-refractivity contribution in [2.24, 2.45) is 0 Å². The van der Waals surface area contributed by atoms with Crippen LogP contribution in [0.15, 0.2) is 162 Å². The minimum Gasteiger partial charge on any atom is -0.330 e. The summed E-state index contributed by atoms with van der Waals surface area (Å²) >= 11 is 0. The van der Waals surface area contributed by atoms with E-state index < -0.39 is 0 Å². The van der Waals surface area contributed by atoms with Gasteiger partial charge in [0, 0.05) is 17.8 Å². The number of hydrogen-bond acceptors (Lipinski definition) is 1. The molecule has 1 aliphatic heterocycles. The van der Waals surface area contributed by atoms with Crippen LogP contribution >= 0.6 is 0 Å². The molecule has 1 unspecified atom stereocenters. The molecular weight excluding hydrogens is 493 g/mol. The van der Waals surface area contributed by atoms with Gasteiger partial charge in [-0.15, -0.1) is 0 Å². The van der Waals surface area contributed by atoms with Crippen LogP contribution in [-0.4, -0.2) is 12.2 Å². The van der Waals surface area contributed by atoms with E-state index in [-0.39, 0.29) is 5.92 Å². The van der Waals surface area contributed by atoms with Gasteiger partial charge in [0.1, 0.15) is 0 Å². The van der Waals surface area contributed by atoms with Gasteiger partial charge in [0.15, 0.2) is 0 Å². The van der Waals surface area contributed by atoms with Gasteiger partial charge < -0.3 is 4.90 Å². The lowest BCUT2D eigenvalue weighted by Crippen LogP contribution is -2.19. The molecule has 0 aromatic heterocycles. The van der Waals surface area contributed by atoms with E-state index in [4.69, 9.17) is 0 Å². The summed E-state index contributed by atoms with van der Waals surface area (Å²) in [4.78, 5) is 2.27. The molecule has 0 spiro atoms. The molecule has 1 aromatic rings. The molecule has 1 heterocycles. The maximum atomic E-state index is 2.35. The molecule has 0 amide bonds. The van der Waals surface area contributed by atoms with Crippen molar-refractivity contribution in [3.8, 4) is 0 Å². The number of nitrogens with zero attached hydrogens (tertiary/aromatic N) is 1. The van der Waals surface area contributed by atoms with E-state index in [0.717, 1.165) is 11.3 Å². The Morgan fingerprint density at radius 1 is 0.756 bits per heavy atom. The van der Waals surface area contributed by atoms with Crippen LogP contribution in [0.2, 0.25) is 0 Å². The molecule has 1 radical (unpaired) electrons. The van der Waals surface area contributed by atoms with Crippen molar-refractivity contribution in [3.63, 3.8) is 0 Å². The van der Waals surface area contributed by atoms with Gasteiger partial charge in [0.25, 0.3) is 0 Å². The number of rotatable bonds is 13. The fourth-order valence-corrected chi connectivity index (χ4v) is 4.48. The second kappa shape index (κ2) is 18.3. The summed E-state index contributed by atoms with van der Waals surface area (Å²) in [5.74, 6) is 0.229. The van der Waals surface area contributed by atoms with Gasteiger partial charge in [-0.2, -0.15) is 0 Å². The van der Waals surface area contributed by atoms with Crippen molar-refractivity contribution in [1.29, 1.82) is 0 Å². The van der Waals surface area contributed by atoms with Gasteiger partial charge in [-0.3, -0.25) is 0 Å². The normalized spacial score (nSPS) is 16.7. The van der Waals surface area contributed by atoms with E-state index in [1.807, 2.05) is 13.8 Å². The molecule has 0 bridgehead atoms. The van der Waals surface area contributed by atoms with Crippen LogP contribution in [0, 0.1) is 0 Å². The summed E-state index contributed by atoms with van der Waals surface area (Å²) in [5, 5.41) is 0. The van der Waals surface area contributed by atoms with Gasteiger partial charge in [-0.05, 0) is 88.5 Å². The molecule has 1 nitrogen and oxygen atoms in total. The fourth-order valence-electron chi connectivity index (χ4n) is 4.48. The average Bonchev–Trinajstić information content (AvgIpc) is 3.48. The predicted molar refractivity (Wildman–Crippen MR) is 185 cm³/mol. The predicted octanol–water partition coefficient (Wildman–Crippen LogP) is 11.1. The van der Waals surface area contributed by atoms with E-state index >= 15 is 0 Å². The number of allylic oxidation sites excluding steroid dienone is 21. The summed E-state index contributed by atoms with van der Waals surface area (Å²) in [5.41, 5.74) is 9.67. The lowest BCUT2D eigenvalue weighted by atomic mass is 9.66. The molecular formula is C39H47BN. The highest BCUT2D eigenvalue weighted by molar-refractivity contribution is 6.56. The van der Waals surface area contributed by atoms with Crippen LogP contribution in [0.5, 0.6) is 0 Å². The molecule has 0 saturated heterocycles. The van der Waals surface area contributed by atoms with Crippen LogP contribution in [0.1, 0.15) is 72.4 Å². The summed E-state index contributed by atoms with van der Waals surface area (Å²) in [7, 11) is 2.26. The molecule has 0 N–H and O–H groups in total. The zero-order valence-corrected chi connectivity index (χ0v) is 26.3. The van der Waals surface area contributed by atoms with E-state index in [0.29, 0.717) is 0 Å². The van der Waals surface area contributed by atoms with E-state index in [1.165, 1.54) is 33.3 Å². The molecule has 2 heteroatoms. The first-order valence-electron chi connectivity index (χ1n) is 14.7. The molecule has 0 saturated carbocycles. The van der Waals surface area contributed by atoms with Crippen LogP contribution in [0.25, 0.3) is 5.57 Å². The largest absolute Gasteiger partial charge is 0.330 e. The Labute approximate surface area is 251 Å². The third kappa shape index (κ3) is 10.5. The van der Waals surface area contributed by atoms with Crippen molar-refractivity contribution < 1.29 is 0 Å². The maximum absolute atomic E-state index is 2.35. The highest BCUT2D eigenvalue weighted by Gasteiger charge is 2.19. The van der Waals surface area contributed by atoms with Gasteiger partial charge in [0.2, 0.25) is 7.28 Å². The summed E-state index contributed by atoms with van der Waals surface area (Å²) in [6.07, 6.45) is 38.5. The Morgan fingerprint density at radius 2 is 1.46 bits per heavy atom. The van der Waals surface area contributed by atoms with Crippen molar-refractivity contribution in [2.75, 3.05) is 0 Å². The minimum atomic E-state index is 0.229. The van der Waals surface area contributed by atoms with Crippen LogP contribution in [0.3, 0.4) is 0 Å². The maximum Gasteiger partial charge on any atom is 0.215 e. The van der Waals surface area contributed by atoms with Crippen LogP contribution in [-0.2, 0) is 0 Å². The molecule has 1 atom stereocenters. The fraction of sp³-hybridized carbons (Fsp3) is 0.231. The number of hydrogen-bond donors (Lipinski definition) is 0. The minimum absolute atomic E-state index is 0.229. The monoisotopic (exact) mass is 540 g/mol. The zero-order chi connectivity index (χ0) is 30.0. The Balaban J connectivity index is 2.45. The first kappa shape index (κ1) is 33.2. The molecule has 2 rings (SSSR count).